The highest BCUT2D eigenvalue weighted by atomic mass is 35.5. The fraction of sp³-hybridized carbons (Fsp3) is 0.500. The molecule has 2 heterocycles. The fourth-order valence-electron chi connectivity index (χ4n) is 1.94. The Morgan fingerprint density at radius 3 is 2.68 bits per heavy atom. The van der Waals surface area contributed by atoms with Gasteiger partial charge in [-0.15, -0.1) is 12.4 Å². The molecule has 7 heteroatoms. The number of hydrogen-bond acceptors (Lipinski definition) is 3. The molecule has 0 radical (unpaired) electrons. The standard InChI is InChI=1S/C12H18FN5.ClH/c1-10-7-12(17(2)16-10)9-14-8-11-3-5-15-18(11)6-4-13;/h3,5,7,14H,4,6,8-9H2,1-2H3;1H. The molecule has 0 aromatic carbocycles. The summed E-state index contributed by atoms with van der Waals surface area (Å²) in [4.78, 5) is 0. The first-order chi connectivity index (χ1) is 8.70. The number of hydrogen-bond donors (Lipinski definition) is 1. The molecular formula is C12H19ClFN5. The van der Waals surface area contributed by atoms with Gasteiger partial charge in [-0.25, -0.2) is 4.39 Å². The maximum absolute atomic E-state index is 12.3. The molecule has 1 N–H and O–H groups in total. The zero-order chi connectivity index (χ0) is 13.0. The zero-order valence-corrected chi connectivity index (χ0v) is 12.0. The van der Waals surface area contributed by atoms with Crippen LogP contribution in [0.25, 0.3) is 0 Å². The highest BCUT2D eigenvalue weighted by Crippen LogP contribution is 2.03. The molecule has 0 aliphatic rings. The van der Waals surface area contributed by atoms with E-state index in [9.17, 15) is 4.39 Å². The van der Waals surface area contributed by atoms with Crippen molar-refractivity contribution in [2.45, 2.75) is 26.6 Å². The Morgan fingerprint density at radius 2 is 2.05 bits per heavy atom. The first-order valence-electron chi connectivity index (χ1n) is 5.97. The predicted octanol–water partition coefficient (Wildman–Crippen LogP) is 1.61. The lowest BCUT2D eigenvalue weighted by molar-refractivity contribution is 0.416. The molecule has 2 aromatic heterocycles. The van der Waals surface area contributed by atoms with E-state index in [2.05, 4.69) is 15.5 Å². The van der Waals surface area contributed by atoms with E-state index in [1.54, 1.807) is 10.9 Å². The van der Waals surface area contributed by atoms with Gasteiger partial charge in [-0.05, 0) is 19.1 Å². The molecule has 0 aliphatic carbocycles. The molecule has 0 amide bonds. The summed E-state index contributed by atoms with van der Waals surface area (Å²) in [7, 11) is 1.93. The zero-order valence-electron chi connectivity index (χ0n) is 11.1. The van der Waals surface area contributed by atoms with Crippen LogP contribution < -0.4 is 5.32 Å². The maximum atomic E-state index is 12.3. The lowest BCUT2D eigenvalue weighted by Crippen LogP contribution is -2.18. The van der Waals surface area contributed by atoms with Gasteiger partial charge >= 0.3 is 0 Å². The van der Waals surface area contributed by atoms with Gasteiger partial charge in [0.25, 0.3) is 0 Å². The molecule has 0 unspecified atom stereocenters. The van der Waals surface area contributed by atoms with Crippen molar-refractivity contribution in [1.82, 2.24) is 24.9 Å². The largest absolute Gasteiger partial charge is 0.306 e. The van der Waals surface area contributed by atoms with Gasteiger partial charge < -0.3 is 5.32 Å². The van der Waals surface area contributed by atoms with Crippen LogP contribution in [-0.4, -0.2) is 26.2 Å². The van der Waals surface area contributed by atoms with Gasteiger partial charge in [0.15, 0.2) is 0 Å². The first-order valence-corrected chi connectivity index (χ1v) is 5.97. The summed E-state index contributed by atoms with van der Waals surface area (Å²) >= 11 is 0. The summed E-state index contributed by atoms with van der Waals surface area (Å²) in [5.74, 6) is 0. The minimum Gasteiger partial charge on any atom is -0.306 e. The topological polar surface area (TPSA) is 47.7 Å². The summed E-state index contributed by atoms with van der Waals surface area (Å²) in [5, 5.41) is 11.7. The number of rotatable bonds is 6. The van der Waals surface area contributed by atoms with E-state index >= 15 is 0 Å². The van der Waals surface area contributed by atoms with E-state index in [1.807, 2.05) is 30.8 Å². The van der Waals surface area contributed by atoms with Gasteiger partial charge in [-0.3, -0.25) is 9.36 Å². The Morgan fingerprint density at radius 1 is 1.32 bits per heavy atom. The van der Waals surface area contributed by atoms with E-state index in [1.165, 1.54) is 0 Å². The Bertz CT molecular complexity index is 508. The molecule has 0 bridgehead atoms. The number of aromatic nitrogens is 4. The third kappa shape index (κ3) is 4.04. The van der Waals surface area contributed by atoms with Crippen molar-refractivity contribution in [3.63, 3.8) is 0 Å². The lowest BCUT2D eigenvalue weighted by atomic mass is 10.3. The minimum atomic E-state index is -0.393. The number of nitrogens with one attached hydrogen (secondary N) is 1. The molecule has 5 nitrogen and oxygen atoms in total. The van der Waals surface area contributed by atoms with Crippen molar-refractivity contribution in [2.24, 2.45) is 7.05 Å². The summed E-state index contributed by atoms with van der Waals surface area (Å²) in [5.41, 5.74) is 3.13. The average molecular weight is 288 g/mol. The molecule has 2 rings (SSSR count). The Balaban J connectivity index is 0.00000180. The minimum absolute atomic E-state index is 0. The van der Waals surface area contributed by atoms with Gasteiger partial charge in [0, 0.05) is 26.3 Å². The second-order valence-corrected chi connectivity index (χ2v) is 4.24. The third-order valence-electron chi connectivity index (χ3n) is 2.81. The van der Waals surface area contributed by atoms with E-state index < -0.39 is 6.67 Å². The van der Waals surface area contributed by atoms with Crippen LogP contribution in [0.1, 0.15) is 17.1 Å². The second-order valence-electron chi connectivity index (χ2n) is 4.24. The number of halogens is 2. The van der Waals surface area contributed by atoms with Gasteiger partial charge in [0.05, 0.1) is 23.6 Å². The molecule has 0 saturated heterocycles. The quantitative estimate of drug-likeness (QED) is 0.878. The van der Waals surface area contributed by atoms with Gasteiger partial charge in [-0.1, -0.05) is 0 Å². The van der Waals surface area contributed by atoms with Crippen molar-refractivity contribution >= 4 is 12.4 Å². The molecular weight excluding hydrogens is 269 g/mol. The van der Waals surface area contributed by atoms with Crippen molar-refractivity contribution < 1.29 is 4.39 Å². The summed E-state index contributed by atoms with van der Waals surface area (Å²) < 4.78 is 15.8. The average Bonchev–Trinajstić information content (AvgIpc) is 2.88. The van der Waals surface area contributed by atoms with Crippen LogP contribution in [0.4, 0.5) is 4.39 Å². The van der Waals surface area contributed by atoms with Crippen molar-refractivity contribution in [2.75, 3.05) is 6.67 Å². The molecule has 0 spiro atoms. The molecule has 0 aliphatic heterocycles. The predicted molar refractivity (Wildman–Crippen MR) is 73.9 cm³/mol. The highest BCUT2D eigenvalue weighted by molar-refractivity contribution is 5.85. The van der Waals surface area contributed by atoms with Crippen LogP contribution in [0.3, 0.4) is 0 Å². The maximum Gasteiger partial charge on any atom is 0.109 e. The molecule has 106 valence electrons. The number of aryl methyl sites for hydroxylation is 3. The lowest BCUT2D eigenvalue weighted by Gasteiger charge is -2.07. The Kier molecular flexibility index (Phi) is 5.98. The fourth-order valence-corrected chi connectivity index (χ4v) is 1.94. The van der Waals surface area contributed by atoms with Crippen molar-refractivity contribution in [3.05, 3.63) is 35.4 Å². The first kappa shape index (κ1) is 15.7. The van der Waals surface area contributed by atoms with Crippen LogP contribution in [0.15, 0.2) is 18.3 Å². The van der Waals surface area contributed by atoms with E-state index in [0.717, 1.165) is 23.6 Å². The van der Waals surface area contributed by atoms with Crippen LogP contribution >= 0.6 is 12.4 Å². The van der Waals surface area contributed by atoms with Crippen LogP contribution in [0.5, 0.6) is 0 Å². The smallest absolute Gasteiger partial charge is 0.109 e. The molecule has 0 fully saturated rings. The number of nitrogens with zero attached hydrogens (tertiary/aromatic N) is 4. The monoisotopic (exact) mass is 287 g/mol. The van der Waals surface area contributed by atoms with Gasteiger partial charge in [-0.2, -0.15) is 10.2 Å². The summed E-state index contributed by atoms with van der Waals surface area (Å²) in [6, 6.07) is 3.95. The van der Waals surface area contributed by atoms with E-state index in [-0.39, 0.29) is 12.4 Å². The summed E-state index contributed by atoms with van der Waals surface area (Å²) in [6.07, 6.45) is 1.70. The van der Waals surface area contributed by atoms with Gasteiger partial charge in [0.2, 0.25) is 0 Å². The van der Waals surface area contributed by atoms with Crippen molar-refractivity contribution in [1.29, 1.82) is 0 Å². The second kappa shape index (κ2) is 7.25. The summed E-state index contributed by atoms with van der Waals surface area (Å²) in [6.45, 7) is 3.30. The van der Waals surface area contributed by atoms with E-state index in [0.29, 0.717) is 13.1 Å². The van der Waals surface area contributed by atoms with Crippen molar-refractivity contribution in [3.8, 4) is 0 Å². The number of alkyl halides is 1. The SMILES string of the molecule is Cc1cc(CNCc2ccnn2CCF)n(C)n1.Cl. The van der Waals surface area contributed by atoms with E-state index in [4.69, 9.17) is 0 Å². The van der Waals surface area contributed by atoms with Crippen LogP contribution in [0, 0.1) is 6.92 Å². The molecule has 19 heavy (non-hydrogen) atoms. The third-order valence-corrected chi connectivity index (χ3v) is 2.81. The molecule has 0 saturated carbocycles. The Hall–Kier alpha value is -1.40. The molecule has 0 atom stereocenters. The highest BCUT2D eigenvalue weighted by Gasteiger charge is 2.04. The van der Waals surface area contributed by atoms with Crippen LogP contribution in [0.2, 0.25) is 0 Å². The molecule has 2 aromatic rings. The van der Waals surface area contributed by atoms with Crippen LogP contribution in [-0.2, 0) is 26.7 Å². The normalized spacial score (nSPS) is 10.5. The van der Waals surface area contributed by atoms with Gasteiger partial charge in [0.1, 0.15) is 6.67 Å². The Labute approximate surface area is 118 Å².